The number of hydrogen-bond donors (Lipinski definition) is 1. The van der Waals surface area contributed by atoms with E-state index in [9.17, 15) is 14.9 Å². The Kier molecular flexibility index (Phi) is 7.39. The molecule has 0 saturated heterocycles. The molecule has 1 aromatic heterocycles. The average Bonchev–Trinajstić information content (AvgIpc) is 3.25. The van der Waals surface area contributed by atoms with Crippen molar-refractivity contribution >= 4 is 17.7 Å². The van der Waals surface area contributed by atoms with Gasteiger partial charge in [0.2, 0.25) is 5.91 Å². The van der Waals surface area contributed by atoms with Crippen molar-refractivity contribution in [3.05, 3.63) is 136 Å². The summed E-state index contributed by atoms with van der Waals surface area (Å²) in [6.07, 6.45) is 8.12. The maximum absolute atomic E-state index is 13.0. The number of carbonyl (C=O) groups is 1. The lowest BCUT2D eigenvalue weighted by Crippen LogP contribution is -2.43. The van der Waals surface area contributed by atoms with E-state index >= 15 is 0 Å². The molecule has 182 valence electrons. The third-order valence-corrected chi connectivity index (χ3v) is 6.67. The summed E-state index contributed by atoms with van der Waals surface area (Å²) >= 11 is 0. The topological polar surface area (TPSA) is 95.0 Å². The van der Waals surface area contributed by atoms with Crippen LogP contribution in [-0.4, -0.2) is 15.4 Å². The molecule has 0 saturated carbocycles. The van der Waals surface area contributed by atoms with Gasteiger partial charge in [-0.1, -0.05) is 72.8 Å². The molecule has 0 radical (unpaired) electrons. The van der Waals surface area contributed by atoms with Crippen molar-refractivity contribution in [1.82, 2.24) is 4.57 Å². The van der Waals surface area contributed by atoms with Crippen LogP contribution < -0.4 is 10.3 Å². The lowest BCUT2D eigenvalue weighted by Gasteiger charge is -2.31. The Labute approximate surface area is 210 Å². The van der Waals surface area contributed by atoms with Gasteiger partial charge < -0.3 is 5.73 Å². The first kappa shape index (κ1) is 24.6. The third-order valence-electron chi connectivity index (χ3n) is 6.67. The van der Waals surface area contributed by atoms with E-state index in [0.717, 1.165) is 17.0 Å². The quantitative estimate of drug-likeness (QED) is 0.204. The normalized spacial score (nSPS) is 11.6. The van der Waals surface area contributed by atoms with Gasteiger partial charge in [0.1, 0.15) is 24.4 Å². The van der Waals surface area contributed by atoms with Gasteiger partial charge in [0.25, 0.3) is 11.5 Å². The molecule has 0 spiro atoms. The summed E-state index contributed by atoms with van der Waals surface area (Å²) in [5.74, 6) is 0.617. The van der Waals surface area contributed by atoms with Crippen LogP contribution >= 0.6 is 0 Å². The van der Waals surface area contributed by atoms with E-state index in [4.69, 9.17) is 5.73 Å². The molecule has 0 atom stereocenters. The number of para-hydroxylation sites is 1. The molecule has 0 unspecified atom stereocenters. The molecule has 3 aromatic carbocycles. The molecule has 4 rings (SSSR count). The van der Waals surface area contributed by atoms with Gasteiger partial charge in [-0.25, -0.2) is 9.13 Å². The number of imidazole rings is 1. The predicted octanol–water partition coefficient (Wildman–Crippen LogP) is 4.57. The Hall–Kier alpha value is -4.52. The van der Waals surface area contributed by atoms with E-state index in [-0.39, 0.29) is 16.5 Å². The Morgan fingerprint density at radius 3 is 2.17 bits per heavy atom. The minimum absolute atomic E-state index is 0.0812. The second-order valence-electron chi connectivity index (χ2n) is 8.66. The first-order valence-corrected chi connectivity index (χ1v) is 11.8. The van der Waals surface area contributed by atoms with E-state index < -0.39 is 5.41 Å². The van der Waals surface area contributed by atoms with Crippen LogP contribution in [0.25, 0.3) is 6.08 Å². The van der Waals surface area contributed by atoms with Gasteiger partial charge in [-0.15, -0.1) is 0 Å². The van der Waals surface area contributed by atoms with Crippen molar-refractivity contribution in [2.45, 2.75) is 31.8 Å². The number of carbonyl (C=O) groups excluding carboxylic acids is 1. The fraction of sp³-hybridized carbons (Fsp3) is 0.172. The molecular formula is C29H29N4O3+. The summed E-state index contributed by atoms with van der Waals surface area (Å²) < 4.78 is 4.16. The third kappa shape index (κ3) is 4.95. The average molecular weight is 482 g/mol. The minimum atomic E-state index is -0.962. The Morgan fingerprint density at radius 2 is 1.58 bits per heavy atom. The summed E-state index contributed by atoms with van der Waals surface area (Å²) in [7, 11) is 0. The van der Waals surface area contributed by atoms with Crippen LogP contribution in [0.15, 0.2) is 103 Å². The Morgan fingerprint density at radius 1 is 1.00 bits per heavy atom. The maximum atomic E-state index is 13.0. The Bertz CT molecular complexity index is 1340. The molecule has 0 fully saturated rings. The van der Waals surface area contributed by atoms with Gasteiger partial charge in [0, 0.05) is 19.4 Å². The largest absolute Gasteiger partial charge is 0.369 e. The highest BCUT2D eigenvalue weighted by Gasteiger charge is 2.40. The number of primary amides is 1. The van der Waals surface area contributed by atoms with Gasteiger partial charge >= 0.3 is 0 Å². The fourth-order valence-corrected chi connectivity index (χ4v) is 4.66. The van der Waals surface area contributed by atoms with Crippen LogP contribution in [0, 0.1) is 17.0 Å². The zero-order valence-electron chi connectivity index (χ0n) is 20.2. The van der Waals surface area contributed by atoms with E-state index in [1.54, 1.807) is 24.3 Å². The van der Waals surface area contributed by atoms with Crippen molar-refractivity contribution in [3.63, 3.8) is 0 Å². The summed E-state index contributed by atoms with van der Waals surface area (Å²) in [5.41, 5.74) is 7.51. The number of nitro benzene ring substituents is 1. The number of rotatable bonds is 10. The molecule has 7 heteroatoms. The second-order valence-corrected chi connectivity index (χ2v) is 8.66. The van der Waals surface area contributed by atoms with Crippen LogP contribution in [0.1, 0.15) is 28.9 Å². The number of aryl methyl sites for hydroxylation is 1. The van der Waals surface area contributed by atoms with E-state index in [2.05, 4.69) is 9.13 Å². The molecular weight excluding hydrogens is 452 g/mol. The first-order chi connectivity index (χ1) is 17.4. The number of nitrogens with two attached hydrogens (primary N) is 1. The molecule has 0 bridgehead atoms. The predicted molar refractivity (Wildman–Crippen MR) is 139 cm³/mol. The van der Waals surface area contributed by atoms with E-state index in [0.29, 0.717) is 25.1 Å². The number of nitro groups is 1. The van der Waals surface area contributed by atoms with Crippen molar-refractivity contribution in [3.8, 4) is 0 Å². The van der Waals surface area contributed by atoms with Crippen molar-refractivity contribution in [2.75, 3.05) is 0 Å². The van der Waals surface area contributed by atoms with Gasteiger partial charge in [-0.3, -0.25) is 14.9 Å². The van der Waals surface area contributed by atoms with Crippen LogP contribution in [-0.2, 0) is 23.3 Å². The SMILES string of the molecule is Cc1n(CCC(C(N)=O)(c2ccccc2)c2ccccc2)cc[n+]1C/C=C/c1ccccc1[N+](=O)[O-]. The zero-order chi connectivity index (χ0) is 25.5. The monoisotopic (exact) mass is 481 g/mol. The molecule has 36 heavy (non-hydrogen) atoms. The second kappa shape index (κ2) is 10.8. The first-order valence-electron chi connectivity index (χ1n) is 11.8. The lowest BCUT2D eigenvalue weighted by atomic mass is 9.71. The highest BCUT2D eigenvalue weighted by atomic mass is 16.6. The summed E-state index contributed by atoms with van der Waals surface area (Å²) in [4.78, 5) is 23.9. The smallest absolute Gasteiger partial charge is 0.276 e. The molecule has 0 aliphatic carbocycles. The molecule has 2 N–H and O–H groups in total. The van der Waals surface area contributed by atoms with Crippen molar-refractivity contribution in [2.24, 2.45) is 5.73 Å². The standard InChI is InChI=1S/C29H28N4O3/c1-23-31(19-10-12-24-11-8-9-17-27(24)33(35)36)21-22-32(23)20-18-29(28(30)34,25-13-4-2-5-14-25)26-15-6-3-7-16-26/h2-17,21-22H,18-20H2,1H3,(H-,30,34)/p+1/b12-10+. The van der Waals surface area contributed by atoms with Crippen molar-refractivity contribution in [1.29, 1.82) is 0 Å². The molecule has 4 aromatic rings. The summed E-state index contributed by atoms with van der Waals surface area (Å²) in [6.45, 7) is 3.15. The molecule has 7 nitrogen and oxygen atoms in total. The molecule has 1 amide bonds. The molecule has 0 aliphatic heterocycles. The minimum Gasteiger partial charge on any atom is -0.369 e. The van der Waals surface area contributed by atoms with Crippen LogP contribution in [0.5, 0.6) is 0 Å². The van der Waals surface area contributed by atoms with Crippen molar-refractivity contribution < 1.29 is 14.3 Å². The number of hydrogen-bond acceptors (Lipinski definition) is 3. The highest BCUT2D eigenvalue weighted by Crippen LogP contribution is 2.36. The highest BCUT2D eigenvalue weighted by molar-refractivity contribution is 5.90. The van der Waals surface area contributed by atoms with E-state index in [1.165, 1.54) is 6.07 Å². The fourth-order valence-electron chi connectivity index (χ4n) is 4.66. The number of amides is 1. The van der Waals surface area contributed by atoms with Crippen LogP contribution in [0.2, 0.25) is 0 Å². The lowest BCUT2D eigenvalue weighted by molar-refractivity contribution is -0.692. The van der Waals surface area contributed by atoms with Crippen LogP contribution in [0.3, 0.4) is 0 Å². The number of nitrogens with zero attached hydrogens (tertiary/aromatic N) is 3. The number of benzene rings is 3. The van der Waals surface area contributed by atoms with Gasteiger partial charge in [0.15, 0.2) is 0 Å². The number of allylic oxidation sites excluding steroid dienone is 1. The maximum Gasteiger partial charge on any atom is 0.276 e. The summed E-state index contributed by atoms with van der Waals surface area (Å²) in [5, 5.41) is 11.2. The van der Waals surface area contributed by atoms with Gasteiger partial charge in [-0.05, 0) is 29.3 Å². The summed E-state index contributed by atoms with van der Waals surface area (Å²) in [6, 6.07) is 26.0. The number of aromatic nitrogens is 2. The van der Waals surface area contributed by atoms with Gasteiger partial charge in [0.05, 0.1) is 17.0 Å². The van der Waals surface area contributed by atoms with E-state index in [1.807, 2.05) is 86.1 Å². The van der Waals surface area contributed by atoms with Crippen LogP contribution in [0.4, 0.5) is 5.69 Å². The Balaban J connectivity index is 1.57. The molecule has 1 heterocycles. The zero-order valence-corrected chi connectivity index (χ0v) is 20.2. The van der Waals surface area contributed by atoms with Gasteiger partial charge in [-0.2, -0.15) is 0 Å². The molecule has 0 aliphatic rings.